The standard InChI is InChI=1S/C43H30N4/c1-43(2)36-22-11-9-20-31(36)34-25-33-32-21-10-12-23-38(32)44-39(35(33)26-37(34)43)29-18-13-19-30(24-29)42-46-40(27-14-5-3-6-15-27)45-41(47-42)28-16-7-4-8-17-28/h3-26H,1-2H3. The molecule has 0 N–H and O–H groups in total. The summed E-state index contributed by atoms with van der Waals surface area (Å²) in [6.07, 6.45) is 0. The first-order valence-electron chi connectivity index (χ1n) is 16.0. The molecule has 0 saturated heterocycles. The Kier molecular flexibility index (Phi) is 6.12. The van der Waals surface area contributed by atoms with Crippen LogP contribution in [0.3, 0.4) is 0 Å². The van der Waals surface area contributed by atoms with Gasteiger partial charge in [-0.25, -0.2) is 19.9 Å². The molecule has 0 atom stereocenters. The van der Waals surface area contributed by atoms with Crippen LogP contribution in [0.2, 0.25) is 0 Å². The molecule has 47 heavy (non-hydrogen) atoms. The van der Waals surface area contributed by atoms with E-state index in [9.17, 15) is 0 Å². The molecule has 0 amide bonds. The molecule has 4 heteroatoms. The van der Waals surface area contributed by atoms with Gasteiger partial charge in [-0.2, -0.15) is 0 Å². The van der Waals surface area contributed by atoms with Crippen LogP contribution in [0.15, 0.2) is 146 Å². The van der Waals surface area contributed by atoms with Crippen LogP contribution in [0.5, 0.6) is 0 Å². The minimum absolute atomic E-state index is 0.114. The molecule has 222 valence electrons. The first-order chi connectivity index (χ1) is 23.0. The molecule has 0 aliphatic heterocycles. The fraction of sp³-hybridized carbons (Fsp3) is 0.0698. The van der Waals surface area contributed by atoms with E-state index < -0.39 is 0 Å². The van der Waals surface area contributed by atoms with E-state index in [1.165, 1.54) is 27.6 Å². The van der Waals surface area contributed by atoms with Crippen LogP contribution < -0.4 is 0 Å². The monoisotopic (exact) mass is 602 g/mol. The van der Waals surface area contributed by atoms with Gasteiger partial charge in [-0.15, -0.1) is 0 Å². The first kappa shape index (κ1) is 27.3. The number of hydrogen-bond donors (Lipinski definition) is 0. The number of fused-ring (bicyclic) bond motifs is 6. The van der Waals surface area contributed by atoms with Crippen molar-refractivity contribution in [1.82, 2.24) is 19.9 Å². The summed E-state index contributed by atoms with van der Waals surface area (Å²) >= 11 is 0. The highest BCUT2D eigenvalue weighted by atomic mass is 15.0. The average molecular weight is 603 g/mol. The molecule has 0 bridgehead atoms. The third kappa shape index (κ3) is 4.44. The highest BCUT2D eigenvalue weighted by Crippen LogP contribution is 2.51. The molecule has 2 aromatic heterocycles. The Balaban J connectivity index is 1.26. The Labute approximate surface area is 273 Å². The Morgan fingerprint density at radius 1 is 0.383 bits per heavy atom. The van der Waals surface area contributed by atoms with Gasteiger partial charge >= 0.3 is 0 Å². The molecule has 0 unspecified atom stereocenters. The highest BCUT2D eigenvalue weighted by Gasteiger charge is 2.35. The Bertz CT molecular complexity index is 2430. The van der Waals surface area contributed by atoms with E-state index in [0.29, 0.717) is 17.5 Å². The van der Waals surface area contributed by atoms with Crippen LogP contribution in [0, 0.1) is 0 Å². The van der Waals surface area contributed by atoms with Crippen molar-refractivity contribution in [3.8, 4) is 56.5 Å². The van der Waals surface area contributed by atoms with Gasteiger partial charge in [-0.1, -0.05) is 135 Å². The summed E-state index contributed by atoms with van der Waals surface area (Å²) in [7, 11) is 0. The molecule has 6 aromatic carbocycles. The number of nitrogens with zero attached hydrogens (tertiary/aromatic N) is 4. The smallest absolute Gasteiger partial charge is 0.164 e. The molecule has 2 heterocycles. The second-order valence-electron chi connectivity index (χ2n) is 12.7. The van der Waals surface area contributed by atoms with Crippen molar-refractivity contribution in [2.24, 2.45) is 0 Å². The topological polar surface area (TPSA) is 51.6 Å². The molecular formula is C43H30N4. The van der Waals surface area contributed by atoms with Gasteiger partial charge in [0.25, 0.3) is 0 Å². The molecule has 9 rings (SSSR count). The number of pyridine rings is 1. The zero-order valence-electron chi connectivity index (χ0n) is 26.1. The van der Waals surface area contributed by atoms with E-state index in [1.807, 2.05) is 60.7 Å². The van der Waals surface area contributed by atoms with E-state index >= 15 is 0 Å². The minimum atomic E-state index is -0.114. The van der Waals surface area contributed by atoms with E-state index in [4.69, 9.17) is 19.9 Å². The number of rotatable bonds is 4. The second kappa shape index (κ2) is 10.5. The number of aromatic nitrogens is 4. The summed E-state index contributed by atoms with van der Waals surface area (Å²) in [6.45, 7) is 4.65. The Morgan fingerprint density at radius 2 is 0.957 bits per heavy atom. The van der Waals surface area contributed by atoms with Gasteiger partial charge < -0.3 is 0 Å². The van der Waals surface area contributed by atoms with Crippen molar-refractivity contribution >= 4 is 21.7 Å². The lowest BCUT2D eigenvalue weighted by molar-refractivity contribution is 0.661. The maximum absolute atomic E-state index is 5.31. The van der Waals surface area contributed by atoms with E-state index in [1.54, 1.807) is 0 Å². The SMILES string of the molecule is CC1(C)c2ccccc2-c2cc3c(cc21)c(-c1cccc(-c2nc(-c4ccccc4)nc(-c4ccccc4)n2)c1)nc1ccccc13. The van der Waals surface area contributed by atoms with Gasteiger partial charge in [0, 0.05) is 38.4 Å². The maximum Gasteiger partial charge on any atom is 0.164 e. The number of para-hydroxylation sites is 1. The molecule has 1 aliphatic carbocycles. The Morgan fingerprint density at radius 3 is 1.68 bits per heavy atom. The van der Waals surface area contributed by atoms with Gasteiger partial charge in [0.1, 0.15) is 0 Å². The van der Waals surface area contributed by atoms with Crippen LogP contribution >= 0.6 is 0 Å². The van der Waals surface area contributed by atoms with Crippen LogP contribution in [0.1, 0.15) is 25.0 Å². The fourth-order valence-electron chi connectivity index (χ4n) is 7.11. The second-order valence-corrected chi connectivity index (χ2v) is 12.7. The molecule has 4 nitrogen and oxygen atoms in total. The summed E-state index contributed by atoms with van der Waals surface area (Å²) in [5.41, 5.74) is 11.0. The third-order valence-corrected chi connectivity index (χ3v) is 9.50. The Hall–Kier alpha value is -6.00. The fourth-order valence-corrected chi connectivity index (χ4v) is 7.11. The maximum atomic E-state index is 5.31. The minimum Gasteiger partial charge on any atom is -0.247 e. The van der Waals surface area contributed by atoms with Crippen LogP contribution in [0.4, 0.5) is 0 Å². The van der Waals surface area contributed by atoms with Gasteiger partial charge in [0.15, 0.2) is 17.5 Å². The average Bonchev–Trinajstić information content (AvgIpc) is 3.36. The predicted molar refractivity (Wildman–Crippen MR) is 192 cm³/mol. The summed E-state index contributed by atoms with van der Waals surface area (Å²) < 4.78 is 0. The summed E-state index contributed by atoms with van der Waals surface area (Å²) in [6, 6.07) is 50.7. The highest BCUT2D eigenvalue weighted by molar-refractivity contribution is 6.13. The molecule has 0 fully saturated rings. The van der Waals surface area contributed by atoms with Crippen LogP contribution in [0.25, 0.3) is 78.2 Å². The zero-order valence-corrected chi connectivity index (χ0v) is 26.1. The summed E-state index contributed by atoms with van der Waals surface area (Å²) in [4.78, 5) is 20.2. The quantitative estimate of drug-likeness (QED) is 0.188. The zero-order chi connectivity index (χ0) is 31.5. The van der Waals surface area contributed by atoms with Gasteiger partial charge in [0.05, 0.1) is 11.2 Å². The number of benzene rings is 6. The van der Waals surface area contributed by atoms with Gasteiger partial charge in [-0.05, 0) is 51.9 Å². The van der Waals surface area contributed by atoms with Gasteiger partial charge in [0.2, 0.25) is 0 Å². The van der Waals surface area contributed by atoms with Crippen molar-refractivity contribution in [3.05, 3.63) is 157 Å². The lowest BCUT2D eigenvalue weighted by atomic mass is 9.81. The molecule has 8 aromatic rings. The van der Waals surface area contributed by atoms with Crippen molar-refractivity contribution < 1.29 is 0 Å². The summed E-state index contributed by atoms with van der Waals surface area (Å²) in [5.74, 6) is 1.92. The molecular weight excluding hydrogens is 573 g/mol. The van der Waals surface area contributed by atoms with E-state index in [-0.39, 0.29) is 5.41 Å². The van der Waals surface area contributed by atoms with Crippen LogP contribution in [-0.2, 0) is 5.41 Å². The van der Waals surface area contributed by atoms with Crippen molar-refractivity contribution in [3.63, 3.8) is 0 Å². The largest absolute Gasteiger partial charge is 0.247 e. The van der Waals surface area contributed by atoms with E-state index in [2.05, 4.69) is 98.8 Å². The lowest BCUT2D eigenvalue weighted by Crippen LogP contribution is -2.14. The summed E-state index contributed by atoms with van der Waals surface area (Å²) in [5, 5.41) is 3.51. The lowest BCUT2D eigenvalue weighted by Gasteiger charge is -2.22. The molecule has 0 spiro atoms. The van der Waals surface area contributed by atoms with Crippen LogP contribution in [-0.4, -0.2) is 19.9 Å². The first-order valence-corrected chi connectivity index (χ1v) is 16.0. The number of hydrogen-bond acceptors (Lipinski definition) is 4. The van der Waals surface area contributed by atoms with Gasteiger partial charge in [-0.3, -0.25) is 0 Å². The normalized spacial score (nSPS) is 13.1. The third-order valence-electron chi connectivity index (χ3n) is 9.50. The predicted octanol–water partition coefficient (Wildman–Crippen LogP) is 10.5. The van der Waals surface area contributed by atoms with Crippen molar-refractivity contribution in [2.75, 3.05) is 0 Å². The molecule has 0 saturated carbocycles. The van der Waals surface area contributed by atoms with Crippen molar-refractivity contribution in [1.29, 1.82) is 0 Å². The van der Waals surface area contributed by atoms with Crippen molar-refractivity contribution in [2.45, 2.75) is 19.3 Å². The molecule has 1 aliphatic rings. The van der Waals surface area contributed by atoms with E-state index in [0.717, 1.165) is 44.2 Å². The molecule has 0 radical (unpaired) electrons.